The summed E-state index contributed by atoms with van der Waals surface area (Å²) in [6.45, 7) is 14.2. The number of aromatic nitrogens is 2. The molecule has 3 heteroatoms. The van der Waals surface area contributed by atoms with Gasteiger partial charge < -0.3 is 9.13 Å². The van der Waals surface area contributed by atoms with Crippen LogP contribution in [0.2, 0.25) is 0 Å². The summed E-state index contributed by atoms with van der Waals surface area (Å²) < 4.78 is 5.22. The van der Waals surface area contributed by atoms with Crippen LogP contribution < -0.4 is 16.4 Å². The Kier molecular flexibility index (Phi) is 6.17. The molecule has 256 valence electrons. The third kappa shape index (κ3) is 4.22. The summed E-state index contributed by atoms with van der Waals surface area (Å²) in [5.41, 5.74) is 20.1. The number of hydrogen-bond acceptors (Lipinski definition) is 0. The molecule has 0 amide bonds. The second-order valence-corrected chi connectivity index (χ2v) is 17.7. The number of benzene rings is 6. The summed E-state index contributed by atoms with van der Waals surface area (Å²) in [7, 11) is 0. The van der Waals surface area contributed by atoms with Crippen LogP contribution in [-0.4, -0.2) is 15.8 Å². The van der Waals surface area contributed by atoms with Crippen LogP contribution >= 0.6 is 0 Å². The molecule has 0 spiro atoms. The van der Waals surface area contributed by atoms with Crippen LogP contribution in [0.4, 0.5) is 0 Å². The molecule has 8 aromatic rings. The van der Waals surface area contributed by atoms with Crippen LogP contribution in [0.15, 0.2) is 127 Å². The van der Waals surface area contributed by atoms with Crippen molar-refractivity contribution in [3.05, 3.63) is 144 Å². The average Bonchev–Trinajstić information content (AvgIpc) is 3.68. The molecule has 11 rings (SSSR count). The number of allylic oxidation sites excluding steroid dienone is 4. The van der Waals surface area contributed by atoms with Gasteiger partial charge in [-0.25, -0.2) is 0 Å². The van der Waals surface area contributed by atoms with Crippen molar-refractivity contribution in [3.63, 3.8) is 0 Å². The predicted molar refractivity (Wildman–Crippen MR) is 229 cm³/mol. The maximum Gasteiger partial charge on any atom is 0.252 e. The molecule has 0 unspecified atom stereocenters. The normalized spacial score (nSPS) is 14.8. The summed E-state index contributed by atoms with van der Waals surface area (Å²) in [6, 6.07) is 42.4. The van der Waals surface area contributed by atoms with Crippen LogP contribution in [0, 0.1) is 0 Å². The Bertz CT molecular complexity index is 2950. The molecule has 0 fully saturated rings. The van der Waals surface area contributed by atoms with Crippen molar-refractivity contribution in [1.29, 1.82) is 0 Å². The molecule has 6 aromatic carbocycles. The van der Waals surface area contributed by atoms with E-state index in [-0.39, 0.29) is 17.5 Å². The molecule has 0 atom stereocenters. The standard InChI is InChI=1S/C50H43BN2/c1-49(2,3)33-21-25-41-38(27-33)45-35(31-16-11-8-12-17-31)23-24-39-48(45)52(41)42-18-13-19-43-46(42)51(39)40-29-34(50(4,5)6)28-37-36-22-20-32(30-14-9-7-10-15-30)26-44(36)53(43)47(37)40/h8-9,11-29H,7,10H2,1-6H3. The molecule has 0 bridgehead atoms. The highest BCUT2D eigenvalue weighted by Gasteiger charge is 2.42. The second kappa shape index (κ2) is 10.5. The monoisotopic (exact) mass is 682 g/mol. The van der Waals surface area contributed by atoms with Gasteiger partial charge in [0.15, 0.2) is 0 Å². The summed E-state index contributed by atoms with van der Waals surface area (Å²) >= 11 is 0. The Balaban J connectivity index is 1.31. The Labute approximate surface area is 312 Å². The van der Waals surface area contributed by atoms with Gasteiger partial charge >= 0.3 is 0 Å². The first-order valence-corrected chi connectivity index (χ1v) is 19.4. The highest BCUT2D eigenvalue weighted by Crippen LogP contribution is 2.44. The lowest BCUT2D eigenvalue weighted by Gasteiger charge is -2.34. The molecular weight excluding hydrogens is 639 g/mol. The van der Waals surface area contributed by atoms with Crippen LogP contribution in [0.3, 0.4) is 0 Å². The summed E-state index contributed by atoms with van der Waals surface area (Å²) in [6.07, 6.45) is 9.24. The zero-order chi connectivity index (χ0) is 36.0. The van der Waals surface area contributed by atoms with E-state index < -0.39 is 0 Å². The van der Waals surface area contributed by atoms with Gasteiger partial charge in [-0.1, -0.05) is 133 Å². The van der Waals surface area contributed by atoms with E-state index in [4.69, 9.17) is 0 Å². The minimum atomic E-state index is -0.00401. The summed E-state index contributed by atoms with van der Waals surface area (Å²) in [5, 5.41) is 5.38. The molecule has 2 nitrogen and oxygen atoms in total. The van der Waals surface area contributed by atoms with E-state index in [0.29, 0.717) is 0 Å². The smallest absolute Gasteiger partial charge is 0.252 e. The van der Waals surface area contributed by atoms with Gasteiger partial charge in [0.05, 0.1) is 11.0 Å². The lowest BCUT2D eigenvalue weighted by Crippen LogP contribution is -2.59. The Morgan fingerprint density at radius 1 is 0.547 bits per heavy atom. The molecule has 2 aromatic heterocycles. The zero-order valence-electron chi connectivity index (χ0n) is 31.5. The number of fused-ring (bicyclic) bond motifs is 10. The van der Waals surface area contributed by atoms with Crippen LogP contribution in [0.25, 0.3) is 71.7 Å². The molecule has 0 radical (unpaired) electrons. The van der Waals surface area contributed by atoms with Crippen molar-refractivity contribution >= 4 is 72.3 Å². The third-order valence-electron chi connectivity index (χ3n) is 12.4. The van der Waals surface area contributed by atoms with Crippen LogP contribution in [0.5, 0.6) is 0 Å². The van der Waals surface area contributed by atoms with Crippen molar-refractivity contribution in [2.45, 2.75) is 65.2 Å². The lowest BCUT2D eigenvalue weighted by molar-refractivity contribution is 0.591. The molecule has 4 heterocycles. The van der Waals surface area contributed by atoms with Crippen LogP contribution in [0.1, 0.15) is 71.1 Å². The Morgan fingerprint density at radius 2 is 1.30 bits per heavy atom. The fourth-order valence-electron chi connectivity index (χ4n) is 9.77. The Hall–Kier alpha value is -5.54. The van der Waals surface area contributed by atoms with Gasteiger partial charge in [-0.2, -0.15) is 0 Å². The SMILES string of the molecule is CC(C)(C)c1ccc2c(c1)c1c(-c3ccccc3)ccc3c1n2-c1cccc2c1B3c1cc(C(C)(C)C)cc3c4ccc(C5=CCCC=C5)cc4n-2c13. The summed E-state index contributed by atoms with van der Waals surface area (Å²) in [5.74, 6) is 0. The minimum Gasteiger partial charge on any atom is -0.310 e. The first-order chi connectivity index (χ1) is 25.6. The van der Waals surface area contributed by atoms with E-state index >= 15 is 0 Å². The molecule has 0 saturated heterocycles. The van der Waals surface area contributed by atoms with Crippen molar-refractivity contribution < 1.29 is 0 Å². The van der Waals surface area contributed by atoms with Gasteiger partial charge in [-0.05, 0) is 110 Å². The molecular formula is C50H43BN2. The maximum absolute atomic E-state index is 2.61. The summed E-state index contributed by atoms with van der Waals surface area (Å²) in [4.78, 5) is 0. The fourth-order valence-corrected chi connectivity index (χ4v) is 9.77. The van der Waals surface area contributed by atoms with E-state index in [9.17, 15) is 0 Å². The van der Waals surface area contributed by atoms with Gasteiger partial charge in [-0.15, -0.1) is 0 Å². The lowest BCUT2D eigenvalue weighted by atomic mass is 9.34. The largest absolute Gasteiger partial charge is 0.310 e. The van der Waals surface area contributed by atoms with E-state index in [1.165, 1.54) is 105 Å². The molecule has 0 saturated carbocycles. The van der Waals surface area contributed by atoms with Gasteiger partial charge in [0.25, 0.3) is 6.71 Å². The molecule has 1 aliphatic carbocycles. The topological polar surface area (TPSA) is 9.86 Å². The van der Waals surface area contributed by atoms with E-state index in [1.807, 2.05) is 0 Å². The van der Waals surface area contributed by atoms with Gasteiger partial charge in [-0.3, -0.25) is 0 Å². The van der Waals surface area contributed by atoms with Gasteiger partial charge in [0.1, 0.15) is 0 Å². The van der Waals surface area contributed by atoms with Crippen molar-refractivity contribution in [3.8, 4) is 22.5 Å². The van der Waals surface area contributed by atoms with Gasteiger partial charge in [0, 0.05) is 44.0 Å². The molecule has 0 N–H and O–H groups in total. The third-order valence-corrected chi connectivity index (χ3v) is 12.4. The second-order valence-electron chi connectivity index (χ2n) is 17.7. The van der Waals surface area contributed by atoms with E-state index in [0.717, 1.165) is 12.8 Å². The number of rotatable bonds is 2. The zero-order valence-corrected chi connectivity index (χ0v) is 31.5. The number of hydrogen-bond donors (Lipinski definition) is 0. The first kappa shape index (κ1) is 31.0. The molecule has 2 aliphatic heterocycles. The number of nitrogens with zero attached hydrogens (tertiary/aromatic N) is 2. The van der Waals surface area contributed by atoms with Crippen molar-refractivity contribution in [2.24, 2.45) is 0 Å². The average molecular weight is 683 g/mol. The van der Waals surface area contributed by atoms with Crippen molar-refractivity contribution in [1.82, 2.24) is 9.13 Å². The first-order valence-electron chi connectivity index (χ1n) is 19.4. The van der Waals surface area contributed by atoms with Crippen molar-refractivity contribution in [2.75, 3.05) is 0 Å². The molecule has 53 heavy (non-hydrogen) atoms. The highest BCUT2D eigenvalue weighted by atomic mass is 15.0. The van der Waals surface area contributed by atoms with Crippen LogP contribution in [-0.2, 0) is 10.8 Å². The van der Waals surface area contributed by atoms with Gasteiger partial charge in [0.2, 0.25) is 0 Å². The molecule has 3 aliphatic rings. The Morgan fingerprint density at radius 3 is 2.04 bits per heavy atom. The minimum absolute atomic E-state index is 0.00401. The fraction of sp³-hybridized carbons (Fsp3) is 0.200. The van der Waals surface area contributed by atoms with E-state index in [1.54, 1.807) is 0 Å². The predicted octanol–water partition coefficient (Wildman–Crippen LogP) is 11.0. The maximum atomic E-state index is 2.61. The highest BCUT2D eigenvalue weighted by molar-refractivity contribution is 7.00. The van der Waals surface area contributed by atoms with E-state index in [2.05, 4.69) is 178 Å². The quantitative estimate of drug-likeness (QED) is 0.161.